The minimum Gasteiger partial charge on any atom is -0.454 e. The lowest BCUT2D eigenvalue weighted by atomic mass is 10.1. The highest BCUT2D eigenvalue weighted by Crippen LogP contribution is 2.38. The van der Waals surface area contributed by atoms with Crippen LogP contribution in [-0.2, 0) is 25.5 Å². The molecule has 0 aliphatic carbocycles. The second kappa shape index (κ2) is 17.4. The highest BCUT2D eigenvalue weighted by Gasteiger charge is 2.18. The van der Waals surface area contributed by atoms with Crippen LogP contribution in [0.2, 0.25) is 10.0 Å². The smallest absolute Gasteiger partial charge is 0.416 e. The molecule has 0 radical (unpaired) electrons. The van der Waals surface area contributed by atoms with Gasteiger partial charge < -0.3 is 18.9 Å². The Morgan fingerprint density at radius 1 is 1.00 bits per heavy atom. The molecule has 0 aliphatic rings. The number of alkyl carbamates (subject to hydrolysis) is 2. The molecule has 2 aromatic carbocycles. The summed E-state index contributed by atoms with van der Waals surface area (Å²) in [6, 6.07) is 14.8. The van der Waals surface area contributed by atoms with E-state index >= 15 is 0 Å². The van der Waals surface area contributed by atoms with Crippen molar-refractivity contribution in [3.8, 4) is 29.6 Å². The number of aromatic nitrogens is 2. The molecular weight excluding hydrogens is 647 g/mol. The summed E-state index contributed by atoms with van der Waals surface area (Å²) in [7, 11) is 0. The average molecular weight is 669 g/mol. The molecule has 1 aromatic heterocycles. The van der Waals surface area contributed by atoms with Crippen molar-refractivity contribution in [1.29, 1.82) is 10.5 Å². The van der Waals surface area contributed by atoms with Crippen LogP contribution < -0.4 is 25.5 Å². The third kappa shape index (κ3) is 10.6. The first-order valence-corrected chi connectivity index (χ1v) is 13.6. The maximum atomic E-state index is 12.0. The van der Waals surface area contributed by atoms with E-state index in [-0.39, 0.29) is 46.3 Å². The molecule has 0 unspecified atom stereocenters. The van der Waals surface area contributed by atoms with Crippen LogP contribution in [0.3, 0.4) is 0 Å². The van der Waals surface area contributed by atoms with E-state index in [4.69, 9.17) is 42.7 Å². The van der Waals surface area contributed by atoms with Crippen molar-refractivity contribution in [3.63, 3.8) is 0 Å². The van der Waals surface area contributed by atoms with E-state index in [1.165, 1.54) is 18.3 Å². The summed E-state index contributed by atoms with van der Waals surface area (Å²) in [6.45, 7) is 0.951. The SMILES string of the molecule is CCOC(=O)NC(=O)/C(C#N)=N/Nc1cc(Cl)c(Oc2ncc(OCOC(=O)NC(=O)CC#N)c(Cc3ccccc3)n2)c(Cl)c1. The van der Waals surface area contributed by atoms with Gasteiger partial charge in [0.25, 0.3) is 5.91 Å². The number of ether oxygens (including phenoxy) is 4. The van der Waals surface area contributed by atoms with Crippen LogP contribution in [0, 0.1) is 22.7 Å². The van der Waals surface area contributed by atoms with Gasteiger partial charge >= 0.3 is 18.2 Å². The molecule has 236 valence electrons. The van der Waals surface area contributed by atoms with Crippen molar-refractivity contribution < 1.29 is 38.1 Å². The number of imide groups is 2. The lowest BCUT2D eigenvalue weighted by molar-refractivity contribution is -0.119. The molecule has 3 aromatic rings. The molecule has 0 spiro atoms. The van der Waals surface area contributed by atoms with Crippen molar-refractivity contribution in [2.45, 2.75) is 19.8 Å². The van der Waals surface area contributed by atoms with E-state index < -0.39 is 42.9 Å². The van der Waals surface area contributed by atoms with Gasteiger partial charge in [0.2, 0.25) is 18.4 Å². The molecule has 46 heavy (non-hydrogen) atoms. The number of carbonyl (C=O) groups excluding carboxylic acids is 4. The van der Waals surface area contributed by atoms with Gasteiger partial charge in [0.05, 0.1) is 40.3 Å². The predicted octanol–water partition coefficient (Wildman–Crippen LogP) is 4.23. The van der Waals surface area contributed by atoms with Crippen LogP contribution in [-0.4, -0.2) is 53.1 Å². The molecule has 0 atom stereocenters. The Hall–Kier alpha value is -5.97. The van der Waals surface area contributed by atoms with Gasteiger partial charge in [0.1, 0.15) is 12.5 Å². The van der Waals surface area contributed by atoms with E-state index in [1.54, 1.807) is 19.1 Å². The summed E-state index contributed by atoms with van der Waals surface area (Å²) in [5.74, 6) is -1.84. The van der Waals surface area contributed by atoms with Crippen LogP contribution in [0.4, 0.5) is 15.3 Å². The van der Waals surface area contributed by atoms with Crippen molar-refractivity contribution in [2.24, 2.45) is 5.10 Å². The summed E-state index contributed by atoms with van der Waals surface area (Å²) in [6.07, 6.45) is -1.16. The van der Waals surface area contributed by atoms with Gasteiger partial charge in [0, 0.05) is 6.42 Å². The third-order valence-electron chi connectivity index (χ3n) is 5.21. The highest BCUT2D eigenvalue weighted by molar-refractivity contribution is 6.47. The van der Waals surface area contributed by atoms with Crippen LogP contribution in [0.5, 0.6) is 17.5 Å². The molecule has 18 heteroatoms. The summed E-state index contributed by atoms with van der Waals surface area (Å²) in [5.41, 5.74) is 3.10. The fourth-order valence-corrected chi connectivity index (χ4v) is 3.83. The Morgan fingerprint density at radius 3 is 2.35 bits per heavy atom. The monoisotopic (exact) mass is 668 g/mol. The molecule has 0 bridgehead atoms. The average Bonchev–Trinajstić information content (AvgIpc) is 3.01. The van der Waals surface area contributed by atoms with Gasteiger partial charge in [-0.2, -0.15) is 25.6 Å². The number of nitrogens with one attached hydrogen (secondary N) is 3. The van der Waals surface area contributed by atoms with Gasteiger partial charge in [0.15, 0.2) is 11.5 Å². The fourth-order valence-electron chi connectivity index (χ4n) is 3.27. The molecular formula is C28H22Cl2N8O8. The fraction of sp³-hybridized carbons (Fsp3) is 0.179. The van der Waals surface area contributed by atoms with E-state index in [0.717, 1.165) is 5.56 Å². The second-order valence-corrected chi connectivity index (χ2v) is 9.25. The summed E-state index contributed by atoms with van der Waals surface area (Å²) in [4.78, 5) is 55.1. The minimum absolute atomic E-state index is 0.0177. The maximum absolute atomic E-state index is 12.0. The molecule has 3 N–H and O–H groups in total. The predicted molar refractivity (Wildman–Crippen MR) is 160 cm³/mol. The minimum atomic E-state index is -1.11. The Kier molecular flexibility index (Phi) is 13.0. The van der Waals surface area contributed by atoms with Gasteiger partial charge in [-0.05, 0) is 24.6 Å². The normalized spacial score (nSPS) is 10.4. The lowest BCUT2D eigenvalue weighted by Gasteiger charge is -2.14. The van der Waals surface area contributed by atoms with E-state index in [1.807, 2.05) is 41.0 Å². The van der Waals surface area contributed by atoms with Crippen molar-refractivity contribution in [2.75, 3.05) is 18.8 Å². The molecule has 16 nitrogen and oxygen atoms in total. The van der Waals surface area contributed by atoms with Crippen LogP contribution >= 0.6 is 23.2 Å². The standard InChI is InChI=1S/C28H22Cl2N8O8/c1-2-43-28(42)36-25(40)21(13-32)38-37-17-11-18(29)24(19(30)12-17)46-26-33-14-22(20(34-26)10-16-6-4-3-5-7-16)44-15-45-27(41)35-23(39)8-9-31/h3-7,11-12,14,37H,2,8,10,15H2,1H3,(H,35,39,41)(H,36,40,42)/b38-21+. The Labute approximate surface area is 270 Å². The molecule has 0 fully saturated rings. The first kappa shape index (κ1) is 34.5. The summed E-state index contributed by atoms with van der Waals surface area (Å²) in [5, 5.41) is 25.0. The van der Waals surface area contributed by atoms with Crippen molar-refractivity contribution in [1.82, 2.24) is 20.6 Å². The Bertz CT molecular complexity index is 1700. The quantitative estimate of drug-likeness (QED) is 0.140. The number of hydrogen-bond donors (Lipinski definition) is 3. The van der Waals surface area contributed by atoms with E-state index in [9.17, 15) is 24.4 Å². The number of hydrogen-bond acceptors (Lipinski definition) is 14. The van der Waals surface area contributed by atoms with E-state index in [0.29, 0.717) is 5.69 Å². The second-order valence-electron chi connectivity index (χ2n) is 8.43. The first-order valence-electron chi connectivity index (χ1n) is 12.9. The zero-order chi connectivity index (χ0) is 33.5. The third-order valence-corrected chi connectivity index (χ3v) is 5.77. The first-order chi connectivity index (χ1) is 22.1. The molecule has 0 saturated heterocycles. The van der Waals surface area contributed by atoms with Gasteiger partial charge in [-0.15, -0.1) is 0 Å². The number of nitriles is 2. The van der Waals surface area contributed by atoms with Crippen molar-refractivity contribution >= 4 is 58.6 Å². The molecule has 0 saturated carbocycles. The van der Waals surface area contributed by atoms with Crippen LogP contribution in [0.15, 0.2) is 53.8 Å². The number of anilines is 1. The zero-order valence-electron chi connectivity index (χ0n) is 23.7. The number of benzene rings is 2. The molecule has 1 heterocycles. The number of nitrogens with zero attached hydrogens (tertiary/aromatic N) is 5. The number of carbonyl (C=O) groups is 4. The number of rotatable bonds is 12. The van der Waals surface area contributed by atoms with Gasteiger partial charge in [-0.1, -0.05) is 53.5 Å². The molecule has 0 aliphatic heterocycles. The topological polar surface area (TPSA) is 227 Å². The Balaban J connectivity index is 1.76. The lowest BCUT2D eigenvalue weighted by Crippen LogP contribution is -2.36. The highest BCUT2D eigenvalue weighted by atomic mass is 35.5. The zero-order valence-corrected chi connectivity index (χ0v) is 25.2. The number of amides is 4. The maximum Gasteiger partial charge on any atom is 0.416 e. The van der Waals surface area contributed by atoms with E-state index in [2.05, 4.69) is 25.2 Å². The molecule has 3 rings (SSSR count). The largest absolute Gasteiger partial charge is 0.454 e. The van der Waals surface area contributed by atoms with Gasteiger partial charge in [-0.3, -0.25) is 25.6 Å². The number of hydrazone groups is 1. The van der Waals surface area contributed by atoms with Crippen LogP contribution in [0.25, 0.3) is 0 Å². The van der Waals surface area contributed by atoms with Gasteiger partial charge in [-0.25, -0.2) is 9.59 Å². The van der Waals surface area contributed by atoms with Crippen molar-refractivity contribution in [3.05, 3.63) is 70.0 Å². The van der Waals surface area contributed by atoms with Crippen LogP contribution in [0.1, 0.15) is 24.6 Å². The summed E-state index contributed by atoms with van der Waals surface area (Å²) < 4.78 is 20.7. The summed E-state index contributed by atoms with van der Waals surface area (Å²) >= 11 is 12.7. The molecule has 4 amide bonds. The number of halogens is 2. The Morgan fingerprint density at radius 2 is 1.70 bits per heavy atom.